The molecule has 1 saturated heterocycles. The molecule has 0 saturated carbocycles. The molecule has 5 heteroatoms. The van der Waals surface area contributed by atoms with Gasteiger partial charge in [-0.3, -0.25) is 0 Å². The van der Waals surface area contributed by atoms with E-state index in [9.17, 15) is 0 Å². The molecule has 1 aliphatic rings. The van der Waals surface area contributed by atoms with Gasteiger partial charge >= 0.3 is 0 Å². The highest BCUT2D eigenvalue weighted by Crippen LogP contribution is 2.25. The van der Waals surface area contributed by atoms with Gasteiger partial charge in [0.2, 0.25) is 0 Å². The van der Waals surface area contributed by atoms with Crippen molar-refractivity contribution in [2.75, 3.05) is 25.2 Å². The summed E-state index contributed by atoms with van der Waals surface area (Å²) in [7, 11) is 1.73. The van der Waals surface area contributed by atoms with Gasteiger partial charge in [-0.2, -0.15) is 0 Å². The van der Waals surface area contributed by atoms with E-state index < -0.39 is 0 Å². The molecule has 0 spiro atoms. The van der Waals surface area contributed by atoms with Crippen molar-refractivity contribution in [3.63, 3.8) is 0 Å². The Labute approximate surface area is 101 Å². The molecule has 88 valence electrons. The number of halogens is 1. The third kappa shape index (κ3) is 2.44. The zero-order valence-electron chi connectivity index (χ0n) is 9.61. The number of aromatic nitrogens is 2. The van der Waals surface area contributed by atoms with Gasteiger partial charge in [0, 0.05) is 19.7 Å². The molecule has 0 radical (unpaired) electrons. The van der Waals surface area contributed by atoms with Gasteiger partial charge < -0.3 is 9.64 Å². The molecule has 4 nitrogen and oxygen atoms in total. The predicted molar refractivity (Wildman–Crippen MR) is 64.0 cm³/mol. The van der Waals surface area contributed by atoms with E-state index in [2.05, 4.69) is 14.9 Å². The van der Waals surface area contributed by atoms with E-state index in [0.717, 1.165) is 25.4 Å². The molecule has 1 aromatic heterocycles. The fourth-order valence-corrected chi connectivity index (χ4v) is 2.39. The van der Waals surface area contributed by atoms with Crippen molar-refractivity contribution in [2.45, 2.75) is 25.8 Å². The van der Waals surface area contributed by atoms with E-state index in [4.69, 9.17) is 16.3 Å². The smallest absolute Gasteiger partial charge is 0.134 e. The number of hydrogen-bond donors (Lipinski definition) is 0. The maximum Gasteiger partial charge on any atom is 0.134 e. The van der Waals surface area contributed by atoms with E-state index in [1.54, 1.807) is 7.11 Å². The molecule has 1 fully saturated rings. The van der Waals surface area contributed by atoms with Gasteiger partial charge in [-0.05, 0) is 19.8 Å². The molecular formula is C11H16ClN3O. The fourth-order valence-electron chi connectivity index (χ4n) is 2.17. The molecule has 0 amide bonds. The molecule has 2 rings (SSSR count). The monoisotopic (exact) mass is 241 g/mol. The molecule has 16 heavy (non-hydrogen) atoms. The van der Waals surface area contributed by atoms with Crippen molar-refractivity contribution in [3.05, 3.63) is 17.0 Å². The summed E-state index contributed by atoms with van der Waals surface area (Å²) in [4.78, 5) is 10.8. The minimum absolute atomic E-state index is 0.412. The zero-order chi connectivity index (χ0) is 11.5. The van der Waals surface area contributed by atoms with Gasteiger partial charge in [-0.1, -0.05) is 11.6 Å². The average Bonchev–Trinajstić information content (AvgIpc) is 2.65. The normalized spacial score (nSPS) is 20.4. The lowest BCUT2D eigenvalue weighted by molar-refractivity contribution is 0.180. The van der Waals surface area contributed by atoms with Crippen LogP contribution in [0.2, 0.25) is 5.15 Å². The number of rotatable bonds is 3. The highest BCUT2D eigenvalue weighted by Gasteiger charge is 2.25. The Bertz CT molecular complexity index is 352. The average molecular weight is 242 g/mol. The second-order valence-electron chi connectivity index (χ2n) is 4.04. The summed E-state index contributed by atoms with van der Waals surface area (Å²) < 4.78 is 5.22. The lowest BCUT2D eigenvalue weighted by atomic mass is 10.2. The minimum atomic E-state index is 0.412. The summed E-state index contributed by atoms with van der Waals surface area (Å²) >= 11 is 5.94. The van der Waals surface area contributed by atoms with Gasteiger partial charge in [0.05, 0.1) is 12.6 Å². The standard InChI is InChI=1S/C11H16ClN3O/c1-8-13-10(12)6-11(14-8)15-5-3-4-9(15)7-16-2/h6,9H,3-5,7H2,1-2H3/t9-/m1/s1. The van der Waals surface area contributed by atoms with Crippen LogP contribution >= 0.6 is 11.6 Å². The van der Waals surface area contributed by atoms with Crippen LogP contribution in [-0.4, -0.2) is 36.3 Å². The van der Waals surface area contributed by atoms with Gasteiger partial charge in [-0.25, -0.2) is 9.97 Å². The van der Waals surface area contributed by atoms with Gasteiger partial charge in [0.25, 0.3) is 0 Å². The first kappa shape index (κ1) is 11.6. The summed E-state index contributed by atoms with van der Waals surface area (Å²) in [6, 6.07) is 2.23. The summed E-state index contributed by atoms with van der Waals surface area (Å²) in [6.07, 6.45) is 2.32. The lowest BCUT2D eigenvalue weighted by Crippen LogP contribution is -2.33. The first-order valence-corrected chi connectivity index (χ1v) is 5.85. The first-order chi connectivity index (χ1) is 7.70. The number of anilines is 1. The Morgan fingerprint density at radius 3 is 3.06 bits per heavy atom. The molecule has 0 aliphatic carbocycles. The molecule has 1 atom stereocenters. The summed E-state index contributed by atoms with van der Waals surface area (Å²) in [5.74, 6) is 1.63. The topological polar surface area (TPSA) is 38.2 Å². The molecule has 0 N–H and O–H groups in total. The van der Waals surface area contributed by atoms with E-state index in [1.807, 2.05) is 13.0 Å². The zero-order valence-corrected chi connectivity index (χ0v) is 10.4. The maximum absolute atomic E-state index is 5.94. The molecular weight excluding hydrogens is 226 g/mol. The minimum Gasteiger partial charge on any atom is -0.383 e. The van der Waals surface area contributed by atoms with Gasteiger partial charge in [-0.15, -0.1) is 0 Å². The molecule has 0 bridgehead atoms. The Hall–Kier alpha value is -0.870. The Morgan fingerprint density at radius 2 is 2.38 bits per heavy atom. The Kier molecular flexibility index (Phi) is 3.61. The number of ether oxygens (including phenoxy) is 1. The van der Waals surface area contributed by atoms with Crippen LogP contribution in [0.3, 0.4) is 0 Å². The highest BCUT2D eigenvalue weighted by atomic mass is 35.5. The third-order valence-electron chi connectivity index (χ3n) is 2.82. The second-order valence-corrected chi connectivity index (χ2v) is 4.43. The molecule has 0 aromatic carbocycles. The second kappa shape index (κ2) is 4.97. The third-order valence-corrected chi connectivity index (χ3v) is 3.02. The first-order valence-electron chi connectivity index (χ1n) is 5.47. The van der Waals surface area contributed by atoms with Crippen LogP contribution < -0.4 is 4.90 Å². The molecule has 2 heterocycles. The summed E-state index contributed by atoms with van der Waals surface area (Å²) in [5.41, 5.74) is 0. The van der Waals surface area contributed by atoms with E-state index in [1.165, 1.54) is 6.42 Å². The van der Waals surface area contributed by atoms with Gasteiger partial charge in [0.15, 0.2) is 0 Å². The van der Waals surface area contributed by atoms with Gasteiger partial charge in [0.1, 0.15) is 16.8 Å². The van der Waals surface area contributed by atoms with Crippen molar-refractivity contribution >= 4 is 17.4 Å². The van der Waals surface area contributed by atoms with Crippen molar-refractivity contribution in [1.29, 1.82) is 0 Å². The van der Waals surface area contributed by atoms with Crippen molar-refractivity contribution in [1.82, 2.24) is 9.97 Å². The highest BCUT2D eigenvalue weighted by molar-refractivity contribution is 6.29. The largest absolute Gasteiger partial charge is 0.383 e. The van der Waals surface area contributed by atoms with Crippen LogP contribution in [0.25, 0.3) is 0 Å². The van der Waals surface area contributed by atoms with Crippen LogP contribution in [0.5, 0.6) is 0 Å². The molecule has 0 unspecified atom stereocenters. The Balaban J connectivity index is 2.21. The lowest BCUT2D eigenvalue weighted by Gasteiger charge is -2.25. The maximum atomic E-state index is 5.94. The number of methoxy groups -OCH3 is 1. The predicted octanol–water partition coefficient (Wildman–Crippen LogP) is 2.05. The molecule has 1 aromatic rings. The molecule has 1 aliphatic heterocycles. The van der Waals surface area contributed by atoms with Crippen LogP contribution in [-0.2, 0) is 4.74 Å². The van der Waals surface area contributed by atoms with Crippen molar-refractivity contribution in [2.24, 2.45) is 0 Å². The number of nitrogens with zero attached hydrogens (tertiary/aromatic N) is 3. The van der Waals surface area contributed by atoms with E-state index in [0.29, 0.717) is 17.0 Å². The van der Waals surface area contributed by atoms with Crippen molar-refractivity contribution < 1.29 is 4.74 Å². The number of aryl methyl sites for hydroxylation is 1. The van der Waals surface area contributed by atoms with Crippen LogP contribution in [0.1, 0.15) is 18.7 Å². The summed E-state index contributed by atoms with van der Waals surface area (Å²) in [6.45, 7) is 3.61. The fraction of sp³-hybridized carbons (Fsp3) is 0.636. The van der Waals surface area contributed by atoms with Crippen LogP contribution in [0.4, 0.5) is 5.82 Å². The van der Waals surface area contributed by atoms with E-state index >= 15 is 0 Å². The number of hydrogen-bond acceptors (Lipinski definition) is 4. The van der Waals surface area contributed by atoms with Crippen LogP contribution in [0.15, 0.2) is 6.07 Å². The Morgan fingerprint density at radius 1 is 1.56 bits per heavy atom. The van der Waals surface area contributed by atoms with Crippen LogP contribution in [0, 0.1) is 6.92 Å². The summed E-state index contributed by atoms with van der Waals surface area (Å²) in [5, 5.41) is 0.505. The van der Waals surface area contributed by atoms with Crippen molar-refractivity contribution in [3.8, 4) is 0 Å². The van der Waals surface area contributed by atoms with E-state index in [-0.39, 0.29) is 0 Å². The quantitative estimate of drug-likeness (QED) is 0.760. The SMILES string of the molecule is COC[C@H]1CCCN1c1cc(Cl)nc(C)n1.